The molecule has 0 radical (unpaired) electrons. The fraction of sp³-hybridized carbons (Fsp3) is 0.846. The first kappa shape index (κ1) is 18.0. The Labute approximate surface area is 122 Å². The molecule has 0 aromatic carbocycles. The van der Waals surface area contributed by atoms with Crippen molar-refractivity contribution < 1.29 is 34.4 Å². The van der Waals surface area contributed by atoms with Crippen LogP contribution in [0.2, 0.25) is 0 Å². The summed E-state index contributed by atoms with van der Waals surface area (Å²) in [6.07, 6.45) is -4.78. The summed E-state index contributed by atoms with van der Waals surface area (Å²) >= 11 is 0. The molecule has 1 rings (SSSR count). The van der Waals surface area contributed by atoms with Crippen LogP contribution in [0, 0.1) is 0 Å². The summed E-state index contributed by atoms with van der Waals surface area (Å²) in [7, 11) is 0. The second-order valence-electron chi connectivity index (χ2n) is 5.16. The average molecular weight is 305 g/mol. The zero-order valence-electron chi connectivity index (χ0n) is 12.0. The number of primary amides is 1. The van der Waals surface area contributed by atoms with E-state index in [0.29, 0.717) is 6.42 Å². The monoisotopic (exact) mass is 305 g/mol. The predicted octanol–water partition coefficient (Wildman–Crippen LogP) is -1.55. The highest BCUT2D eigenvalue weighted by Crippen LogP contribution is 2.21. The fourth-order valence-electron chi connectivity index (χ4n) is 2.01. The van der Waals surface area contributed by atoms with Crippen LogP contribution >= 0.6 is 0 Å². The maximum absolute atomic E-state index is 11.4. The molecule has 0 aromatic rings. The predicted molar refractivity (Wildman–Crippen MR) is 71.0 cm³/mol. The third kappa shape index (κ3) is 5.68. The smallest absolute Gasteiger partial charge is 0.217 e. The van der Waals surface area contributed by atoms with Gasteiger partial charge in [0, 0.05) is 19.3 Å². The summed E-state index contributed by atoms with van der Waals surface area (Å²) < 4.78 is 10.5. The van der Waals surface area contributed by atoms with Crippen LogP contribution in [0.4, 0.5) is 0 Å². The van der Waals surface area contributed by atoms with Crippen molar-refractivity contribution in [3.63, 3.8) is 0 Å². The second kappa shape index (κ2) is 8.40. The van der Waals surface area contributed by atoms with Crippen LogP contribution in [0.5, 0.6) is 0 Å². The quantitative estimate of drug-likeness (QED) is 0.398. The SMILES string of the molecule is C[C@@H]1O[C@@H](OCCCC(=O)CCC(N)=O)[C@@H](O)[C@H](O)[C@@H]1O. The highest BCUT2D eigenvalue weighted by atomic mass is 16.7. The zero-order valence-corrected chi connectivity index (χ0v) is 12.0. The van der Waals surface area contributed by atoms with Crippen molar-refractivity contribution in [2.24, 2.45) is 5.73 Å². The molecule has 1 heterocycles. The Morgan fingerprint density at radius 3 is 2.38 bits per heavy atom. The molecule has 1 amide bonds. The van der Waals surface area contributed by atoms with E-state index in [4.69, 9.17) is 15.2 Å². The van der Waals surface area contributed by atoms with Crippen molar-refractivity contribution in [1.29, 1.82) is 0 Å². The largest absolute Gasteiger partial charge is 0.388 e. The molecule has 0 unspecified atom stereocenters. The summed E-state index contributed by atoms with van der Waals surface area (Å²) in [4.78, 5) is 21.9. The highest BCUT2D eigenvalue weighted by molar-refractivity contribution is 5.84. The first-order valence-electron chi connectivity index (χ1n) is 6.94. The Morgan fingerprint density at radius 1 is 1.10 bits per heavy atom. The van der Waals surface area contributed by atoms with E-state index in [1.165, 1.54) is 0 Å². The van der Waals surface area contributed by atoms with Crippen molar-refractivity contribution >= 4 is 11.7 Å². The first-order valence-corrected chi connectivity index (χ1v) is 6.94. The number of aliphatic hydroxyl groups excluding tert-OH is 3. The first-order chi connectivity index (χ1) is 9.82. The molecule has 0 spiro atoms. The van der Waals surface area contributed by atoms with Crippen LogP contribution in [0.3, 0.4) is 0 Å². The highest BCUT2D eigenvalue weighted by Gasteiger charge is 2.42. The van der Waals surface area contributed by atoms with E-state index in [2.05, 4.69) is 0 Å². The average Bonchev–Trinajstić information content (AvgIpc) is 2.44. The number of amides is 1. The number of ether oxygens (including phenoxy) is 2. The number of rotatable bonds is 8. The van der Waals surface area contributed by atoms with Gasteiger partial charge in [-0.2, -0.15) is 0 Å². The Kier molecular flexibility index (Phi) is 7.20. The maximum Gasteiger partial charge on any atom is 0.217 e. The fourth-order valence-corrected chi connectivity index (χ4v) is 2.01. The standard InChI is InChI=1S/C13H23NO7/c1-7-10(17)11(18)12(19)13(21-7)20-6-2-3-8(15)4-5-9(14)16/h7,10-13,17-19H,2-6H2,1H3,(H2,14,16)/t7-,10+,11+,12-,13+/m0/s1. The number of nitrogens with two attached hydrogens (primary N) is 1. The number of aliphatic hydroxyl groups is 3. The number of Topliss-reactive ketones (excluding diaryl/α,β-unsaturated/α-hetero) is 1. The minimum atomic E-state index is -1.35. The van der Waals surface area contributed by atoms with Crippen LogP contribution in [0.1, 0.15) is 32.6 Å². The van der Waals surface area contributed by atoms with Gasteiger partial charge >= 0.3 is 0 Å². The molecular weight excluding hydrogens is 282 g/mol. The van der Waals surface area contributed by atoms with Gasteiger partial charge in [-0.1, -0.05) is 0 Å². The topological polar surface area (TPSA) is 139 Å². The molecule has 1 saturated heterocycles. The zero-order chi connectivity index (χ0) is 16.0. The van der Waals surface area contributed by atoms with Gasteiger partial charge < -0.3 is 30.5 Å². The minimum Gasteiger partial charge on any atom is -0.388 e. The summed E-state index contributed by atoms with van der Waals surface area (Å²) in [5.74, 6) is -0.605. The van der Waals surface area contributed by atoms with Crippen molar-refractivity contribution in [3.05, 3.63) is 0 Å². The molecule has 8 heteroatoms. The van der Waals surface area contributed by atoms with Gasteiger partial charge in [0.15, 0.2) is 6.29 Å². The number of ketones is 1. The van der Waals surface area contributed by atoms with E-state index in [1.807, 2.05) is 0 Å². The Bertz CT molecular complexity index is 362. The summed E-state index contributed by atoms with van der Waals surface area (Å²) in [5.41, 5.74) is 4.94. The molecule has 1 aliphatic rings. The van der Waals surface area contributed by atoms with Crippen LogP contribution in [0.15, 0.2) is 0 Å². The summed E-state index contributed by atoms with van der Waals surface area (Å²) in [6.45, 7) is 1.71. The summed E-state index contributed by atoms with van der Waals surface area (Å²) in [6, 6.07) is 0. The molecular formula is C13H23NO7. The van der Waals surface area contributed by atoms with Crippen LogP contribution < -0.4 is 5.73 Å². The number of hydrogen-bond donors (Lipinski definition) is 4. The van der Waals surface area contributed by atoms with E-state index < -0.39 is 36.6 Å². The Morgan fingerprint density at radius 2 is 1.76 bits per heavy atom. The molecule has 0 bridgehead atoms. The minimum absolute atomic E-state index is 0.0335. The van der Waals surface area contributed by atoms with Gasteiger partial charge in [-0.15, -0.1) is 0 Å². The van der Waals surface area contributed by atoms with Crippen molar-refractivity contribution in [3.8, 4) is 0 Å². The van der Waals surface area contributed by atoms with Crippen LogP contribution in [-0.2, 0) is 19.1 Å². The van der Waals surface area contributed by atoms with Gasteiger partial charge in [-0.3, -0.25) is 9.59 Å². The molecule has 122 valence electrons. The number of carbonyl (C=O) groups excluding carboxylic acids is 2. The molecule has 21 heavy (non-hydrogen) atoms. The maximum atomic E-state index is 11.4. The van der Waals surface area contributed by atoms with Crippen molar-refractivity contribution in [2.75, 3.05) is 6.61 Å². The molecule has 1 aliphatic heterocycles. The number of carbonyl (C=O) groups is 2. The van der Waals surface area contributed by atoms with Gasteiger partial charge in [-0.25, -0.2) is 0 Å². The number of hydrogen-bond acceptors (Lipinski definition) is 7. The third-order valence-corrected chi connectivity index (χ3v) is 3.34. The van der Waals surface area contributed by atoms with Gasteiger partial charge in [0.05, 0.1) is 12.7 Å². The Balaban J connectivity index is 2.23. The third-order valence-electron chi connectivity index (χ3n) is 3.34. The molecule has 0 saturated carbocycles. The lowest BCUT2D eigenvalue weighted by atomic mass is 10.00. The normalized spacial score (nSPS) is 32.9. The lowest BCUT2D eigenvalue weighted by Gasteiger charge is -2.38. The van der Waals surface area contributed by atoms with Gasteiger partial charge in [-0.05, 0) is 13.3 Å². The van der Waals surface area contributed by atoms with Crippen molar-refractivity contribution in [2.45, 2.75) is 63.3 Å². The molecule has 5 N–H and O–H groups in total. The van der Waals surface area contributed by atoms with Crippen LogP contribution in [0.25, 0.3) is 0 Å². The molecule has 5 atom stereocenters. The van der Waals surface area contributed by atoms with Gasteiger partial charge in [0.2, 0.25) is 5.91 Å². The lowest BCUT2D eigenvalue weighted by molar-refractivity contribution is -0.293. The van der Waals surface area contributed by atoms with Gasteiger partial charge in [0.1, 0.15) is 24.1 Å². The molecule has 1 fully saturated rings. The van der Waals surface area contributed by atoms with Gasteiger partial charge in [0.25, 0.3) is 0 Å². The van der Waals surface area contributed by atoms with E-state index in [9.17, 15) is 24.9 Å². The molecule has 0 aromatic heterocycles. The van der Waals surface area contributed by atoms with E-state index in [0.717, 1.165) is 0 Å². The van der Waals surface area contributed by atoms with Crippen LogP contribution in [-0.4, -0.2) is 64.3 Å². The molecule has 8 nitrogen and oxygen atoms in total. The van der Waals surface area contributed by atoms with E-state index >= 15 is 0 Å². The Hall–Kier alpha value is -1.06. The van der Waals surface area contributed by atoms with E-state index in [-0.39, 0.29) is 31.7 Å². The summed E-state index contributed by atoms with van der Waals surface area (Å²) in [5, 5.41) is 28.8. The van der Waals surface area contributed by atoms with Crippen molar-refractivity contribution in [1.82, 2.24) is 0 Å². The molecule has 0 aliphatic carbocycles. The van der Waals surface area contributed by atoms with E-state index in [1.54, 1.807) is 6.92 Å². The second-order valence-corrected chi connectivity index (χ2v) is 5.16. The lowest BCUT2D eigenvalue weighted by Crippen LogP contribution is -2.57.